The van der Waals surface area contributed by atoms with Gasteiger partial charge in [-0.25, -0.2) is 0 Å². The maximum atomic E-state index is 12.7. The average molecular weight is 404 g/mol. The molecule has 0 radical (unpaired) electrons. The molecule has 5 heteroatoms. The van der Waals surface area contributed by atoms with Gasteiger partial charge in [0.15, 0.2) is 0 Å². The van der Waals surface area contributed by atoms with E-state index in [9.17, 15) is 4.79 Å². The molecule has 30 heavy (non-hydrogen) atoms. The number of H-pyrrole nitrogens is 1. The lowest BCUT2D eigenvalue weighted by Gasteiger charge is -2.34. The lowest BCUT2D eigenvalue weighted by Crippen LogP contribution is -2.48. The van der Waals surface area contributed by atoms with Gasteiger partial charge in [0, 0.05) is 61.0 Å². The molecule has 156 valence electrons. The molecule has 1 aromatic heterocycles. The van der Waals surface area contributed by atoms with Gasteiger partial charge in [0.05, 0.1) is 7.11 Å². The maximum Gasteiger partial charge on any atom is 0.246 e. The number of ether oxygens (including phenoxy) is 1. The van der Waals surface area contributed by atoms with Gasteiger partial charge in [-0.15, -0.1) is 0 Å². The minimum absolute atomic E-state index is 0.0899. The SMILES string of the molecule is COc1cccc(CCN2CCN(C(=O)/C=C/c3c(C)[nH]c4ccccc34)CC2)c1. The van der Waals surface area contributed by atoms with Crippen LogP contribution in [-0.4, -0.2) is 60.5 Å². The monoisotopic (exact) mass is 403 g/mol. The highest BCUT2D eigenvalue weighted by molar-refractivity contribution is 5.97. The van der Waals surface area contributed by atoms with Crippen LogP contribution in [0.4, 0.5) is 0 Å². The number of fused-ring (bicyclic) bond motifs is 1. The summed E-state index contributed by atoms with van der Waals surface area (Å²) in [6.07, 6.45) is 4.66. The molecule has 0 aliphatic carbocycles. The zero-order valence-electron chi connectivity index (χ0n) is 17.7. The van der Waals surface area contributed by atoms with Crippen molar-refractivity contribution in [2.45, 2.75) is 13.3 Å². The van der Waals surface area contributed by atoms with Gasteiger partial charge in [-0.1, -0.05) is 30.3 Å². The zero-order valence-corrected chi connectivity index (χ0v) is 17.7. The number of amides is 1. The van der Waals surface area contributed by atoms with E-state index < -0.39 is 0 Å². The van der Waals surface area contributed by atoms with Gasteiger partial charge in [-0.05, 0) is 43.2 Å². The van der Waals surface area contributed by atoms with E-state index in [2.05, 4.69) is 34.1 Å². The van der Waals surface area contributed by atoms with E-state index in [1.807, 2.05) is 42.2 Å². The third-order valence-corrected chi connectivity index (χ3v) is 5.87. The molecule has 0 spiro atoms. The number of piperazine rings is 1. The fourth-order valence-electron chi connectivity index (χ4n) is 4.08. The van der Waals surface area contributed by atoms with Gasteiger partial charge in [0.1, 0.15) is 5.75 Å². The van der Waals surface area contributed by atoms with Crippen molar-refractivity contribution in [2.24, 2.45) is 0 Å². The number of nitrogens with zero attached hydrogens (tertiary/aromatic N) is 2. The topological polar surface area (TPSA) is 48.6 Å². The normalized spacial score (nSPS) is 15.2. The van der Waals surface area contributed by atoms with Crippen LogP contribution < -0.4 is 4.74 Å². The van der Waals surface area contributed by atoms with E-state index in [1.165, 1.54) is 5.56 Å². The molecule has 5 nitrogen and oxygen atoms in total. The van der Waals surface area contributed by atoms with Crippen LogP contribution >= 0.6 is 0 Å². The predicted molar refractivity (Wildman–Crippen MR) is 122 cm³/mol. The third kappa shape index (κ3) is 4.57. The summed E-state index contributed by atoms with van der Waals surface area (Å²) in [5, 5.41) is 1.15. The molecular formula is C25H29N3O2. The largest absolute Gasteiger partial charge is 0.497 e. The number of hydrogen-bond donors (Lipinski definition) is 1. The number of hydrogen-bond acceptors (Lipinski definition) is 3. The molecule has 1 aliphatic rings. The van der Waals surface area contributed by atoms with E-state index in [4.69, 9.17) is 4.74 Å². The molecular weight excluding hydrogens is 374 g/mol. The summed E-state index contributed by atoms with van der Waals surface area (Å²) in [6.45, 7) is 6.42. The zero-order chi connectivity index (χ0) is 20.9. The third-order valence-electron chi connectivity index (χ3n) is 5.87. The second-order valence-corrected chi connectivity index (χ2v) is 7.81. The molecule has 1 fully saturated rings. The maximum absolute atomic E-state index is 12.7. The number of nitrogens with one attached hydrogen (secondary N) is 1. The number of aromatic amines is 1. The van der Waals surface area contributed by atoms with Gasteiger partial charge in [-0.3, -0.25) is 9.69 Å². The second-order valence-electron chi connectivity index (χ2n) is 7.81. The van der Waals surface area contributed by atoms with Crippen molar-refractivity contribution in [3.8, 4) is 5.75 Å². The summed E-state index contributed by atoms with van der Waals surface area (Å²) < 4.78 is 5.30. The van der Waals surface area contributed by atoms with Gasteiger partial charge in [0.25, 0.3) is 0 Å². The number of benzene rings is 2. The Hall–Kier alpha value is -3.05. The first-order valence-electron chi connectivity index (χ1n) is 10.5. The number of carbonyl (C=O) groups excluding carboxylic acids is 1. The van der Waals surface area contributed by atoms with E-state index >= 15 is 0 Å². The Morgan fingerprint density at radius 1 is 1.10 bits per heavy atom. The molecule has 1 aliphatic heterocycles. The predicted octanol–water partition coefficient (Wildman–Crippen LogP) is 3.89. The van der Waals surface area contributed by atoms with E-state index in [-0.39, 0.29) is 5.91 Å². The summed E-state index contributed by atoms with van der Waals surface area (Å²) in [4.78, 5) is 20.4. The number of methoxy groups -OCH3 is 1. The standard InChI is InChI=1S/C25H29N3O2/c1-19-22(23-8-3-4-9-24(23)26-19)10-11-25(29)28-16-14-27(15-17-28)13-12-20-6-5-7-21(18-20)30-2/h3-11,18,26H,12-17H2,1-2H3/b11-10+. The second kappa shape index (κ2) is 9.18. The number of rotatable bonds is 6. The van der Waals surface area contributed by atoms with Crippen LogP contribution in [-0.2, 0) is 11.2 Å². The fraction of sp³-hybridized carbons (Fsp3) is 0.320. The summed E-state index contributed by atoms with van der Waals surface area (Å²) in [6, 6.07) is 16.4. The number of aryl methyl sites for hydroxylation is 1. The van der Waals surface area contributed by atoms with E-state index in [0.29, 0.717) is 0 Å². The van der Waals surface area contributed by atoms with Crippen LogP contribution in [0.25, 0.3) is 17.0 Å². The van der Waals surface area contributed by atoms with Crippen molar-refractivity contribution in [3.63, 3.8) is 0 Å². The Bertz CT molecular complexity index is 1050. The lowest BCUT2D eigenvalue weighted by molar-refractivity contribution is -0.127. The van der Waals surface area contributed by atoms with Crippen molar-refractivity contribution in [1.29, 1.82) is 0 Å². The molecule has 3 aromatic rings. The quantitative estimate of drug-likeness (QED) is 0.636. The molecule has 4 rings (SSSR count). The van der Waals surface area contributed by atoms with Crippen molar-refractivity contribution in [3.05, 3.63) is 71.4 Å². The van der Waals surface area contributed by atoms with E-state index in [0.717, 1.165) is 67.1 Å². The summed E-state index contributed by atoms with van der Waals surface area (Å²) in [5.41, 5.74) is 4.56. The lowest BCUT2D eigenvalue weighted by atomic mass is 10.1. The first-order valence-corrected chi connectivity index (χ1v) is 10.5. The van der Waals surface area contributed by atoms with Crippen molar-refractivity contribution >= 4 is 22.9 Å². The smallest absolute Gasteiger partial charge is 0.246 e. The number of para-hydroxylation sites is 1. The van der Waals surface area contributed by atoms with Gasteiger partial charge < -0.3 is 14.6 Å². The molecule has 1 amide bonds. The molecule has 2 heterocycles. The van der Waals surface area contributed by atoms with Crippen LogP contribution in [0.15, 0.2) is 54.6 Å². The summed E-state index contributed by atoms with van der Waals surface area (Å²) in [5.74, 6) is 0.993. The average Bonchev–Trinajstić information content (AvgIpc) is 3.11. The fourth-order valence-corrected chi connectivity index (χ4v) is 4.08. The minimum Gasteiger partial charge on any atom is -0.497 e. The van der Waals surface area contributed by atoms with Crippen molar-refractivity contribution < 1.29 is 9.53 Å². The molecule has 0 unspecified atom stereocenters. The van der Waals surface area contributed by atoms with Crippen molar-refractivity contribution in [1.82, 2.24) is 14.8 Å². The van der Waals surface area contributed by atoms with Crippen molar-refractivity contribution in [2.75, 3.05) is 39.8 Å². The number of carbonyl (C=O) groups is 1. The van der Waals surface area contributed by atoms with Crippen LogP contribution in [0.1, 0.15) is 16.8 Å². The molecule has 0 saturated carbocycles. The minimum atomic E-state index is 0.0899. The first kappa shape index (κ1) is 20.2. The highest BCUT2D eigenvalue weighted by atomic mass is 16.5. The first-order chi connectivity index (χ1) is 14.6. The highest BCUT2D eigenvalue weighted by Crippen LogP contribution is 2.23. The van der Waals surface area contributed by atoms with Crippen LogP contribution in [0.5, 0.6) is 5.75 Å². The van der Waals surface area contributed by atoms with E-state index in [1.54, 1.807) is 13.2 Å². The van der Waals surface area contributed by atoms with Gasteiger partial charge in [0.2, 0.25) is 5.91 Å². The van der Waals surface area contributed by atoms with Crippen LogP contribution in [0.3, 0.4) is 0 Å². The highest BCUT2D eigenvalue weighted by Gasteiger charge is 2.19. The van der Waals surface area contributed by atoms with Crippen LogP contribution in [0, 0.1) is 6.92 Å². The number of aromatic nitrogens is 1. The summed E-state index contributed by atoms with van der Waals surface area (Å²) in [7, 11) is 1.70. The van der Waals surface area contributed by atoms with Gasteiger partial charge >= 0.3 is 0 Å². The van der Waals surface area contributed by atoms with Crippen LogP contribution in [0.2, 0.25) is 0 Å². The molecule has 2 aromatic carbocycles. The molecule has 0 bridgehead atoms. The Kier molecular flexibility index (Phi) is 6.19. The Labute approximate surface area is 177 Å². The Morgan fingerprint density at radius 2 is 1.90 bits per heavy atom. The van der Waals surface area contributed by atoms with Gasteiger partial charge in [-0.2, -0.15) is 0 Å². The summed E-state index contributed by atoms with van der Waals surface area (Å²) >= 11 is 0. The Balaban J connectivity index is 1.30. The Morgan fingerprint density at radius 3 is 2.70 bits per heavy atom. The molecule has 0 atom stereocenters. The molecule has 1 saturated heterocycles. The molecule has 1 N–H and O–H groups in total.